The molecule has 0 aromatic carbocycles. The van der Waals surface area contributed by atoms with Crippen molar-refractivity contribution < 1.29 is 9.90 Å². The topological polar surface area (TPSA) is 37.3 Å². The zero-order valence-corrected chi connectivity index (χ0v) is 8.37. The van der Waals surface area contributed by atoms with E-state index in [-0.39, 0.29) is 12.4 Å². The molecule has 0 unspecified atom stereocenters. The first-order chi connectivity index (χ1) is 6.07. The van der Waals surface area contributed by atoms with Gasteiger partial charge in [0.25, 0.3) is 0 Å². The smallest absolute Gasteiger partial charge is 0.155 e. The molecule has 0 bridgehead atoms. The molecule has 0 fully saturated rings. The van der Waals surface area contributed by atoms with Gasteiger partial charge in [-0.1, -0.05) is 29.9 Å². The Kier molecular flexibility index (Phi) is 5.81. The van der Waals surface area contributed by atoms with Crippen LogP contribution in [0.4, 0.5) is 0 Å². The van der Waals surface area contributed by atoms with E-state index in [4.69, 9.17) is 5.11 Å². The Hall–Kier alpha value is -1.15. The quantitative estimate of drug-likeness (QED) is 0.531. The lowest BCUT2D eigenvalue weighted by molar-refractivity contribution is -0.113. The number of hydrogen-bond donors (Lipinski definition) is 1. The fourth-order valence-corrected chi connectivity index (χ4v) is 0.674. The van der Waals surface area contributed by atoms with Gasteiger partial charge >= 0.3 is 0 Å². The number of aliphatic hydroxyl groups is 1. The van der Waals surface area contributed by atoms with E-state index in [2.05, 4.69) is 0 Å². The minimum atomic E-state index is 0.0472. The molecular formula is C11H16O2. The summed E-state index contributed by atoms with van der Waals surface area (Å²) in [5.41, 5.74) is 1.71. The number of allylic oxidation sites excluding steroid dienone is 5. The van der Waals surface area contributed by atoms with Crippen molar-refractivity contribution in [2.45, 2.75) is 20.8 Å². The molecule has 0 saturated carbocycles. The molecule has 1 N–H and O–H groups in total. The molecule has 0 atom stereocenters. The van der Waals surface area contributed by atoms with Crippen LogP contribution in [0.5, 0.6) is 0 Å². The molecule has 0 aliphatic carbocycles. The van der Waals surface area contributed by atoms with Gasteiger partial charge in [-0.05, 0) is 26.3 Å². The first kappa shape index (κ1) is 11.8. The number of aliphatic hydroxyl groups excluding tert-OH is 1. The van der Waals surface area contributed by atoms with Crippen LogP contribution in [0, 0.1) is 0 Å². The molecule has 0 radical (unpaired) electrons. The van der Waals surface area contributed by atoms with Gasteiger partial charge in [-0.2, -0.15) is 0 Å². The highest BCUT2D eigenvalue weighted by Crippen LogP contribution is 1.98. The average molecular weight is 180 g/mol. The first-order valence-electron chi connectivity index (χ1n) is 4.21. The predicted octanol–water partition coefficient (Wildman–Crippen LogP) is 2.02. The van der Waals surface area contributed by atoms with E-state index in [1.807, 2.05) is 13.0 Å². The monoisotopic (exact) mass is 180 g/mol. The van der Waals surface area contributed by atoms with Crippen LogP contribution < -0.4 is 0 Å². The zero-order chi connectivity index (χ0) is 10.3. The van der Waals surface area contributed by atoms with Gasteiger partial charge in [-0.3, -0.25) is 4.79 Å². The fourth-order valence-electron chi connectivity index (χ4n) is 0.674. The van der Waals surface area contributed by atoms with E-state index in [9.17, 15) is 4.79 Å². The van der Waals surface area contributed by atoms with Crippen molar-refractivity contribution in [3.05, 3.63) is 35.5 Å². The molecule has 0 heterocycles. The average Bonchev–Trinajstić information content (AvgIpc) is 2.04. The predicted molar refractivity (Wildman–Crippen MR) is 54.4 cm³/mol. The van der Waals surface area contributed by atoms with Gasteiger partial charge in [0, 0.05) is 0 Å². The Balaban J connectivity index is 4.22. The van der Waals surface area contributed by atoms with E-state index >= 15 is 0 Å². The summed E-state index contributed by atoms with van der Waals surface area (Å²) in [6.07, 6.45) is 7.12. The number of rotatable bonds is 4. The Bertz CT molecular complexity index is 257. The molecule has 72 valence electrons. The van der Waals surface area contributed by atoms with Gasteiger partial charge in [0.2, 0.25) is 0 Å². The normalized spacial score (nSPS) is 13.8. The number of ketones is 1. The maximum absolute atomic E-state index is 10.8. The lowest BCUT2D eigenvalue weighted by atomic mass is 10.2. The summed E-state index contributed by atoms with van der Waals surface area (Å²) in [5.74, 6) is 0.0773. The molecule has 0 aromatic rings. The number of hydrogen-bond acceptors (Lipinski definition) is 2. The van der Waals surface area contributed by atoms with E-state index in [1.54, 1.807) is 25.2 Å². The molecule has 13 heavy (non-hydrogen) atoms. The van der Waals surface area contributed by atoms with E-state index in [0.29, 0.717) is 0 Å². The van der Waals surface area contributed by atoms with Crippen LogP contribution >= 0.6 is 0 Å². The third-order valence-corrected chi connectivity index (χ3v) is 1.67. The summed E-state index contributed by atoms with van der Waals surface area (Å²) < 4.78 is 0. The van der Waals surface area contributed by atoms with Crippen LogP contribution in [-0.2, 0) is 4.79 Å². The third-order valence-electron chi connectivity index (χ3n) is 1.67. The summed E-state index contributed by atoms with van der Waals surface area (Å²) in [6.45, 7) is 5.25. The minimum absolute atomic E-state index is 0.0472. The lowest BCUT2D eigenvalue weighted by Gasteiger charge is -1.90. The molecule has 2 nitrogen and oxygen atoms in total. The van der Waals surface area contributed by atoms with Crippen LogP contribution in [0.25, 0.3) is 0 Å². The second-order valence-electron chi connectivity index (χ2n) is 2.90. The Morgan fingerprint density at radius 3 is 2.38 bits per heavy atom. The van der Waals surface area contributed by atoms with Crippen molar-refractivity contribution in [1.82, 2.24) is 0 Å². The molecule has 0 amide bonds. The van der Waals surface area contributed by atoms with Gasteiger partial charge in [-0.15, -0.1) is 0 Å². The summed E-state index contributed by atoms with van der Waals surface area (Å²) in [6, 6.07) is 0. The minimum Gasteiger partial charge on any atom is -0.392 e. The Morgan fingerprint density at radius 2 is 1.92 bits per heavy atom. The molecule has 0 aromatic heterocycles. The third kappa shape index (κ3) is 6.05. The van der Waals surface area contributed by atoms with Crippen LogP contribution in [0.2, 0.25) is 0 Å². The molecule has 2 heteroatoms. The van der Waals surface area contributed by atoms with Crippen LogP contribution in [-0.4, -0.2) is 17.5 Å². The number of Topliss-reactive ketones (excluding diaryl/α,β-unsaturated/α-hetero) is 1. The largest absolute Gasteiger partial charge is 0.392 e. The summed E-state index contributed by atoms with van der Waals surface area (Å²) in [4.78, 5) is 10.8. The van der Waals surface area contributed by atoms with Crippen LogP contribution in [0.15, 0.2) is 35.5 Å². The summed E-state index contributed by atoms with van der Waals surface area (Å²) >= 11 is 0. The van der Waals surface area contributed by atoms with Gasteiger partial charge in [0.1, 0.15) is 0 Å². The summed E-state index contributed by atoms with van der Waals surface area (Å²) in [7, 11) is 0. The highest BCUT2D eigenvalue weighted by molar-refractivity contribution is 5.92. The summed E-state index contributed by atoms with van der Waals surface area (Å²) in [5, 5.41) is 8.55. The van der Waals surface area contributed by atoms with Gasteiger partial charge < -0.3 is 5.11 Å². The van der Waals surface area contributed by atoms with Crippen molar-refractivity contribution in [2.24, 2.45) is 0 Å². The number of carbonyl (C=O) groups is 1. The Labute approximate surface area is 79.3 Å². The van der Waals surface area contributed by atoms with E-state index in [1.165, 1.54) is 6.92 Å². The highest BCUT2D eigenvalue weighted by Gasteiger charge is 1.91. The number of carbonyl (C=O) groups excluding carboxylic acids is 1. The van der Waals surface area contributed by atoms with Crippen LogP contribution in [0.3, 0.4) is 0 Å². The van der Waals surface area contributed by atoms with Crippen molar-refractivity contribution in [2.75, 3.05) is 6.61 Å². The van der Waals surface area contributed by atoms with E-state index in [0.717, 1.165) is 11.1 Å². The second-order valence-corrected chi connectivity index (χ2v) is 2.90. The van der Waals surface area contributed by atoms with Crippen LogP contribution in [0.1, 0.15) is 20.8 Å². The lowest BCUT2D eigenvalue weighted by Crippen LogP contribution is -1.89. The molecule has 0 rings (SSSR count). The van der Waals surface area contributed by atoms with E-state index < -0.39 is 0 Å². The maximum atomic E-state index is 10.8. The van der Waals surface area contributed by atoms with Crippen molar-refractivity contribution in [3.8, 4) is 0 Å². The second kappa shape index (κ2) is 6.38. The van der Waals surface area contributed by atoms with Gasteiger partial charge in [-0.25, -0.2) is 0 Å². The van der Waals surface area contributed by atoms with Gasteiger partial charge in [0.15, 0.2) is 5.78 Å². The van der Waals surface area contributed by atoms with Crippen molar-refractivity contribution in [1.29, 1.82) is 0 Å². The van der Waals surface area contributed by atoms with Gasteiger partial charge in [0.05, 0.1) is 6.61 Å². The van der Waals surface area contributed by atoms with Crippen molar-refractivity contribution in [3.63, 3.8) is 0 Å². The molecule has 0 spiro atoms. The first-order valence-corrected chi connectivity index (χ1v) is 4.21. The Morgan fingerprint density at radius 1 is 1.31 bits per heavy atom. The molecule has 0 aliphatic heterocycles. The fraction of sp³-hybridized carbons (Fsp3) is 0.364. The molecule has 0 saturated heterocycles. The zero-order valence-electron chi connectivity index (χ0n) is 8.37. The highest BCUT2D eigenvalue weighted by atomic mass is 16.2. The molecular weight excluding hydrogens is 164 g/mol. The van der Waals surface area contributed by atoms with Crippen molar-refractivity contribution >= 4 is 5.78 Å². The SMILES string of the molecule is CC(=O)/C(C)=C/C=C/C(C)=C/CO. The maximum Gasteiger partial charge on any atom is 0.155 e. The standard InChI is InChI=1S/C11H16O2/c1-9(7-8-12)5-4-6-10(2)11(3)13/h4-7,12H,8H2,1-3H3/b5-4+,9-7+,10-6+. The molecule has 0 aliphatic rings.